The minimum atomic E-state index is -0.283. The van der Waals surface area contributed by atoms with E-state index in [-0.39, 0.29) is 5.91 Å². The molecule has 0 aliphatic carbocycles. The van der Waals surface area contributed by atoms with Crippen molar-refractivity contribution in [3.63, 3.8) is 0 Å². The average Bonchev–Trinajstić information content (AvgIpc) is 3.25. The van der Waals surface area contributed by atoms with Gasteiger partial charge in [-0.25, -0.2) is 0 Å². The molecule has 1 amide bonds. The quantitative estimate of drug-likeness (QED) is 0.347. The molecule has 3 aromatic heterocycles. The molecular weight excluding hydrogens is 492 g/mol. The summed E-state index contributed by atoms with van der Waals surface area (Å²) in [5.74, 6) is 0.332. The molecule has 0 saturated carbocycles. The summed E-state index contributed by atoms with van der Waals surface area (Å²) in [7, 11) is 0. The van der Waals surface area contributed by atoms with E-state index in [0.29, 0.717) is 27.7 Å². The van der Waals surface area contributed by atoms with Crippen LogP contribution >= 0.6 is 27.5 Å². The number of amides is 1. The lowest BCUT2D eigenvalue weighted by atomic mass is 10.1. The van der Waals surface area contributed by atoms with Gasteiger partial charge in [0.1, 0.15) is 0 Å². The number of pyridine rings is 1. The molecule has 0 bridgehead atoms. The van der Waals surface area contributed by atoms with Gasteiger partial charge >= 0.3 is 0 Å². The van der Waals surface area contributed by atoms with Crippen LogP contribution in [0.3, 0.4) is 0 Å². The number of benzene rings is 2. The summed E-state index contributed by atoms with van der Waals surface area (Å²) in [6, 6.07) is 20.1. The zero-order chi connectivity index (χ0) is 22.1. The summed E-state index contributed by atoms with van der Waals surface area (Å²) in [5, 5.41) is 16.4. The van der Waals surface area contributed by atoms with Crippen LogP contribution in [0.15, 0.2) is 83.6 Å². The number of halogens is 2. The molecule has 156 valence electrons. The van der Waals surface area contributed by atoms with Gasteiger partial charge < -0.3 is 5.32 Å². The Balaban J connectivity index is 1.41. The molecule has 5 rings (SSSR count). The molecule has 5 aromatic rings. The van der Waals surface area contributed by atoms with E-state index < -0.39 is 0 Å². The molecule has 0 fully saturated rings. The molecule has 3 heterocycles. The Kier molecular flexibility index (Phi) is 5.38. The third-order valence-electron chi connectivity index (χ3n) is 4.79. The predicted molar refractivity (Wildman–Crippen MR) is 127 cm³/mol. The number of hydrogen-bond acceptors (Lipinski definition) is 5. The second kappa shape index (κ2) is 8.49. The van der Waals surface area contributed by atoms with Gasteiger partial charge in [-0.2, -0.15) is 9.61 Å². The normalized spacial score (nSPS) is 10.9. The Morgan fingerprint density at radius 2 is 1.81 bits per heavy atom. The van der Waals surface area contributed by atoms with Crippen LogP contribution in [-0.2, 0) is 0 Å². The van der Waals surface area contributed by atoms with E-state index in [2.05, 4.69) is 36.4 Å². The molecule has 0 aliphatic rings. The predicted octanol–water partition coefficient (Wildman–Crippen LogP) is 5.52. The lowest BCUT2D eigenvalue weighted by molar-refractivity contribution is 0.102. The second-order valence-electron chi connectivity index (χ2n) is 6.91. The highest BCUT2D eigenvalue weighted by molar-refractivity contribution is 9.10. The standard InChI is InChI=1S/C23H14BrClN6O/c24-16-5-8-19(25)18(12-16)23(32)27-17-6-3-14(4-7-17)20-9-10-21-28-29-22(31(21)30-20)15-2-1-11-26-13-15/h1-13H,(H,27,32). The van der Waals surface area contributed by atoms with Crippen LogP contribution in [0, 0.1) is 0 Å². The number of anilines is 1. The Morgan fingerprint density at radius 1 is 0.969 bits per heavy atom. The monoisotopic (exact) mass is 504 g/mol. The van der Waals surface area contributed by atoms with Gasteiger partial charge in [0.25, 0.3) is 5.91 Å². The van der Waals surface area contributed by atoms with Crippen LogP contribution in [0.2, 0.25) is 5.02 Å². The first kappa shape index (κ1) is 20.3. The van der Waals surface area contributed by atoms with E-state index in [1.54, 1.807) is 35.1 Å². The van der Waals surface area contributed by atoms with Crippen molar-refractivity contribution in [3.8, 4) is 22.6 Å². The van der Waals surface area contributed by atoms with Crippen LogP contribution in [0.4, 0.5) is 5.69 Å². The maximum atomic E-state index is 12.6. The van der Waals surface area contributed by atoms with Crippen LogP contribution in [0.5, 0.6) is 0 Å². The van der Waals surface area contributed by atoms with E-state index in [1.165, 1.54) is 0 Å². The number of fused-ring (bicyclic) bond motifs is 1. The topological polar surface area (TPSA) is 85.1 Å². The lowest BCUT2D eigenvalue weighted by Crippen LogP contribution is -2.12. The number of nitrogens with zero attached hydrogens (tertiary/aromatic N) is 5. The summed E-state index contributed by atoms with van der Waals surface area (Å²) in [6.45, 7) is 0. The number of rotatable bonds is 4. The SMILES string of the molecule is O=C(Nc1ccc(-c2ccc3nnc(-c4cccnc4)n3n2)cc1)c1cc(Br)ccc1Cl. The maximum absolute atomic E-state index is 12.6. The zero-order valence-corrected chi connectivity index (χ0v) is 18.7. The van der Waals surface area contributed by atoms with Gasteiger partial charge in [0.2, 0.25) is 0 Å². The van der Waals surface area contributed by atoms with Gasteiger partial charge in [0, 0.05) is 33.7 Å². The molecule has 7 nitrogen and oxygen atoms in total. The van der Waals surface area contributed by atoms with Crippen molar-refractivity contribution in [2.24, 2.45) is 0 Å². The van der Waals surface area contributed by atoms with Crippen molar-refractivity contribution >= 4 is 44.8 Å². The fraction of sp³-hybridized carbons (Fsp3) is 0. The van der Waals surface area contributed by atoms with Crippen molar-refractivity contribution in [1.82, 2.24) is 24.8 Å². The fourth-order valence-corrected chi connectivity index (χ4v) is 3.78. The summed E-state index contributed by atoms with van der Waals surface area (Å²) >= 11 is 9.51. The third kappa shape index (κ3) is 3.98. The third-order valence-corrected chi connectivity index (χ3v) is 5.62. The molecule has 2 aromatic carbocycles. The second-order valence-corrected chi connectivity index (χ2v) is 8.23. The lowest BCUT2D eigenvalue weighted by Gasteiger charge is -2.08. The van der Waals surface area contributed by atoms with E-state index >= 15 is 0 Å². The van der Waals surface area contributed by atoms with Crippen LogP contribution in [0.1, 0.15) is 10.4 Å². The molecular formula is C23H14BrClN6O. The van der Waals surface area contributed by atoms with E-state index in [1.807, 2.05) is 48.5 Å². The molecule has 1 N–H and O–H groups in total. The van der Waals surface area contributed by atoms with Crippen LogP contribution in [0.25, 0.3) is 28.3 Å². The first-order valence-corrected chi connectivity index (χ1v) is 10.8. The smallest absolute Gasteiger partial charge is 0.257 e. The molecule has 0 radical (unpaired) electrons. The van der Waals surface area contributed by atoms with Crippen molar-refractivity contribution in [2.75, 3.05) is 5.32 Å². The van der Waals surface area contributed by atoms with E-state index in [0.717, 1.165) is 21.3 Å². The number of carbonyl (C=O) groups excluding carboxylic acids is 1. The fourth-order valence-electron chi connectivity index (χ4n) is 3.21. The molecule has 0 aliphatic heterocycles. The molecule has 0 spiro atoms. The van der Waals surface area contributed by atoms with Gasteiger partial charge in [-0.15, -0.1) is 10.2 Å². The van der Waals surface area contributed by atoms with Crippen molar-refractivity contribution in [2.45, 2.75) is 0 Å². The Bertz CT molecular complexity index is 1440. The molecule has 9 heteroatoms. The van der Waals surface area contributed by atoms with Gasteiger partial charge in [-0.1, -0.05) is 39.7 Å². The first-order valence-electron chi connectivity index (χ1n) is 9.58. The summed E-state index contributed by atoms with van der Waals surface area (Å²) in [5.41, 5.74) is 4.15. The number of aromatic nitrogens is 5. The van der Waals surface area contributed by atoms with Crippen LogP contribution < -0.4 is 5.32 Å². The molecule has 32 heavy (non-hydrogen) atoms. The van der Waals surface area contributed by atoms with Gasteiger partial charge in [0.05, 0.1) is 16.3 Å². The molecule has 0 unspecified atom stereocenters. The molecule has 0 saturated heterocycles. The van der Waals surface area contributed by atoms with Crippen molar-refractivity contribution in [3.05, 3.63) is 94.2 Å². The Morgan fingerprint density at radius 3 is 2.59 bits per heavy atom. The number of nitrogens with one attached hydrogen (secondary N) is 1. The Hall–Kier alpha value is -3.62. The molecule has 0 atom stereocenters. The largest absolute Gasteiger partial charge is 0.322 e. The summed E-state index contributed by atoms with van der Waals surface area (Å²) < 4.78 is 2.47. The van der Waals surface area contributed by atoms with Crippen LogP contribution in [-0.4, -0.2) is 30.7 Å². The first-order chi connectivity index (χ1) is 15.6. The van der Waals surface area contributed by atoms with E-state index in [4.69, 9.17) is 16.7 Å². The van der Waals surface area contributed by atoms with E-state index in [9.17, 15) is 4.79 Å². The number of hydrogen-bond donors (Lipinski definition) is 1. The minimum Gasteiger partial charge on any atom is -0.322 e. The zero-order valence-electron chi connectivity index (χ0n) is 16.4. The minimum absolute atomic E-state index is 0.283. The number of carbonyl (C=O) groups is 1. The van der Waals surface area contributed by atoms with Crippen molar-refractivity contribution < 1.29 is 4.79 Å². The Labute approximate surface area is 196 Å². The van der Waals surface area contributed by atoms with Crippen molar-refractivity contribution in [1.29, 1.82) is 0 Å². The summed E-state index contributed by atoms with van der Waals surface area (Å²) in [4.78, 5) is 16.7. The maximum Gasteiger partial charge on any atom is 0.257 e. The average molecular weight is 506 g/mol. The highest BCUT2D eigenvalue weighted by Crippen LogP contribution is 2.24. The summed E-state index contributed by atoms with van der Waals surface area (Å²) in [6.07, 6.45) is 3.43. The van der Waals surface area contributed by atoms with Gasteiger partial charge in [-0.05, 0) is 54.6 Å². The van der Waals surface area contributed by atoms with Gasteiger partial charge in [0.15, 0.2) is 11.5 Å². The highest BCUT2D eigenvalue weighted by atomic mass is 79.9. The highest BCUT2D eigenvalue weighted by Gasteiger charge is 2.13. The van der Waals surface area contributed by atoms with Gasteiger partial charge in [-0.3, -0.25) is 9.78 Å².